The summed E-state index contributed by atoms with van der Waals surface area (Å²) in [7, 11) is 0. The van der Waals surface area contributed by atoms with Crippen LogP contribution in [0, 0.1) is 5.82 Å². The van der Waals surface area contributed by atoms with Gasteiger partial charge in [0.1, 0.15) is 5.82 Å². The number of halogens is 1. The molecule has 0 spiro atoms. The number of urea groups is 1. The van der Waals surface area contributed by atoms with E-state index < -0.39 is 11.7 Å². The van der Waals surface area contributed by atoms with Crippen LogP contribution in [0.25, 0.3) is 0 Å². The maximum Gasteiger partial charge on any atom is 0.317 e. The zero-order valence-electron chi connectivity index (χ0n) is 15.0. The van der Waals surface area contributed by atoms with Gasteiger partial charge in [-0.3, -0.25) is 9.69 Å². The van der Waals surface area contributed by atoms with E-state index in [2.05, 4.69) is 27.7 Å². The van der Waals surface area contributed by atoms with E-state index in [1.54, 1.807) is 17.0 Å². The number of piperazine rings is 1. The molecule has 142 valence electrons. The molecule has 6 nitrogen and oxygen atoms in total. The molecule has 1 saturated heterocycles. The molecular weight excluding hydrogens is 347 g/mol. The van der Waals surface area contributed by atoms with Crippen LogP contribution in [0.15, 0.2) is 54.6 Å². The second-order valence-corrected chi connectivity index (χ2v) is 6.44. The lowest BCUT2D eigenvalue weighted by atomic mass is 10.2. The number of rotatable bonds is 5. The first-order valence-electron chi connectivity index (χ1n) is 8.95. The van der Waals surface area contributed by atoms with Gasteiger partial charge in [-0.25, -0.2) is 9.18 Å². The SMILES string of the molecule is O=C(CNC(=O)N1CCN(Cc2ccccc2)CC1)Nc1ccccc1F. The maximum absolute atomic E-state index is 13.5. The Morgan fingerprint density at radius 2 is 1.59 bits per heavy atom. The number of carbonyl (C=O) groups excluding carboxylic acids is 2. The topological polar surface area (TPSA) is 64.7 Å². The van der Waals surface area contributed by atoms with Crippen LogP contribution in [0.5, 0.6) is 0 Å². The Hall–Kier alpha value is -2.93. The summed E-state index contributed by atoms with van der Waals surface area (Å²) < 4.78 is 13.5. The van der Waals surface area contributed by atoms with E-state index >= 15 is 0 Å². The number of anilines is 1. The minimum atomic E-state index is -0.508. The molecular formula is C20H23FN4O2. The summed E-state index contributed by atoms with van der Waals surface area (Å²) in [6.07, 6.45) is 0. The predicted octanol–water partition coefficient (Wildman–Crippen LogP) is 2.29. The van der Waals surface area contributed by atoms with Gasteiger partial charge < -0.3 is 15.5 Å². The first-order valence-corrected chi connectivity index (χ1v) is 8.95. The van der Waals surface area contributed by atoms with Gasteiger partial charge in [0, 0.05) is 32.7 Å². The van der Waals surface area contributed by atoms with Crippen LogP contribution < -0.4 is 10.6 Å². The van der Waals surface area contributed by atoms with E-state index in [0.29, 0.717) is 13.1 Å². The van der Waals surface area contributed by atoms with Gasteiger partial charge in [-0.15, -0.1) is 0 Å². The number of hydrogen-bond donors (Lipinski definition) is 2. The molecule has 3 amide bonds. The van der Waals surface area contributed by atoms with E-state index in [9.17, 15) is 14.0 Å². The Kier molecular flexibility index (Phi) is 6.38. The van der Waals surface area contributed by atoms with Crippen molar-refractivity contribution in [2.75, 3.05) is 38.0 Å². The molecule has 3 rings (SSSR count). The van der Waals surface area contributed by atoms with Crippen LogP contribution in [-0.4, -0.2) is 54.5 Å². The third kappa shape index (κ3) is 5.52. The highest BCUT2D eigenvalue weighted by molar-refractivity contribution is 5.94. The number of benzene rings is 2. The molecule has 1 aliphatic heterocycles. The molecule has 0 radical (unpaired) electrons. The van der Waals surface area contributed by atoms with Crippen molar-refractivity contribution < 1.29 is 14.0 Å². The lowest BCUT2D eigenvalue weighted by Gasteiger charge is -2.34. The smallest absolute Gasteiger partial charge is 0.317 e. The molecule has 0 atom stereocenters. The summed E-state index contributed by atoms with van der Waals surface area (Å²) in [6.45, 7) is 3.44. The molecule has 7 heteroatoms. The standard InChI is InChI=1S/C20H23FN4O2/c21-17-8-4-5-9-18(17)23-19(26)14-22-20(27)25-12-10-24(11-13-25)15-16-6-2-1-3-7-16/h1-9H,10-15H2,(H,22,27)(H,23,26). The van der Waals surface area contributed by atoms with Crippen LogP contribution in [0.4, 0.5) is 14.9 Å². The molecule has 0 unspecified atom stereocenters. The number of hydrogen-bond acceptors (Lipinski definition) is 3. The fraction of sp³-hybridized carbons (Fsp3) is 0.300. The third-order valence-electron chi connectivity index (χ3n) is 4.46. The van der Waals surface area contributed by atoms with E-state index in [4.69, 9.17) is 0 Å². The summed E-state index contributed by atoms with van der Waals surface area (Å²) >= 11 is 0. The Morgan fingerprint density at radius 1 is 0.926 bits per heavy atom. The monoisotopic (exact) mass is 370 g/mol. The lowest BCUT2D eigenvalue weighted by Crippen LogP contribution is -2.52. The van der Waals surface area contributed by atoms with Crippen LogP contribution in [-0.2, 0) is 11.3 Å². The van der Waals surface area contributed by atoms with Crippen molar-refractivity contribution in [3.05, 3.63) is 66.0 Å². The van der Waals surface area contributed by atoms with Crippen molar-refractivity contribution >= 4 is 17.6 Å². The molecule has 1 aliphatic rings. The first-order chi connectivity index (χ1) is 13.1. The van der Waals surface area contributed by atoms with Crippen molar-refractivity contribution in [3.63, 3.8) is 0 Å². The number of amides is 3. The summed E-state index contributed by atoms with van der Waals surface area (Å²) in [5.41, 5.74) is 1.35. The van der Waals surface area contributed by atoms with Gasteiger partial charge in [-0.05, 0) is 17.7 Å². The number of carbonyl (C=O) groups is 2. The average molecular weight is 370 g/mol. The van der Waals surface area contributed by atoms with Gasteiger partial charge >= 0.3 is 6.03 Å². The van der Waals surface area contributed by atoms with Crippen LogP contribution in [0.3, 0.4) is 0 Å². The van der Waals surface area contributed by atoms with Crippen LogP contribution in [0.1, 0.15) is 5.56 Å². The molecule has 27 heavy (non-hydrogen) atoms. The van der Waals surface area contributed by atoms with Crippen molar-refractivity contribution in [1.29, 1.82) is 0 Å². The van der Waals surface area contributed by atoms with Crippen LogP contribution in [0.2, 0.25) is 0 Å². The van der Waals surface area contributed by atoms with E-state index in [-0.39, 0.29) is 18.3 Å². The Bertz CT molecular complexity index is 777. The predicted molar refractivity (Wildman–Crippen MR) is 102 cm³/mol. The van der Waals surface area contributed by atoms with Crippen molar-refractivity contribution in [2.24, 2.45) is 0 Å². The van der Waals surface area contributed by atoms with Crippen molar-refractivity contribution in [2.45, 2.75) is 6.54 Å². The van der Waals surface area contributed by atoms with Gasteiger partial charge in [0.25, 0.3) is 0 Å². The molecule has 1 heterocycles. The van der Waals surface area contributed by atoms with Gasteiger partial charge in [0.05, 0.1) is 12.2 Å². The number of nitrogens with one attached hydrogen (secondary N) is 2. The molecule has 0 aromatic heterocycles. The van der Waals surface area contributed by atoms with Gasteiger partial charge in [-0.1, -0.05) is 42.5 Å². The Morgan fingerprint density at radius 3 is 2.30 bits per heavy atom. The van der Waals surface area contributed by atoms with E-state index in [0.717, 1.165) is 19.6 Å². The fourth-order valence-corrected chi connectivity index (χ4v) is 2.98. The van der Waals surface area contributed by atoms with Crippen molar-refractivity contribution in [1.82, 2.24) is 15.1 Å². The average Bonchev–Trinajstić information content (AvgIpc) is 2.69. The van der Waals surface area contributed by atoms with E-state index in [1.165, 1.54) is 17.7 Å². The molecule has 2 aromatic rings. The summed E-state index contributed by atoms with van der Waals surface area (Å²) in [5, 5.41) is 5.04. The quantitative estimate of drug-likeness (QED) is 0.849. The highest BCUT2D eigenvalue weighted by Gasteiger charge is 2.21. The second-order valence-electron chi connectivity index (χ2n) is 6.44. The summed E-state index contributed by atoms with van der Waals surface area (Å²) in [5.74, 6) is -0.970. The lowest BCUT2D eigenvalue weighted by molar-refractivity contribution is -0.115. The van der Waals surface area contributed by atoms with Crippen LogP contribution >= 0.6 is 0 Å². The molecule has 0 aliphatic carbocycles. The molecule has 0 saturated carbocycles. The van der Waals surface area contributed by atoms with E-state index in [1.807, 2.05) is 18.2 Å². The number of para-hydroxylation sites is 1. The molecule has 2 aromatic carbocycles. The van der Waals surface area contributed by atoms with Gasteiger partial charge in [0.2, 0.25) is 5.91 Å². The van der Waals surface area contributed by atoms with Crippen molar-refractivity contribution in [3.8, 4) is 0 Å². The normalized spacial score (nSPS) is 14.6. The molecule has 2 N–H and O–H groups in total. The maximum atomic E-state index is 13.5. The summed E-state index contributed by atoms with van der Waals surface area (Å²) in [4.78, 5) is 28.1. The van der Waals surface area contributed by atoms with Gasteiger partial charge in [-0.2, -0.15) is 0 Å². The fourth-order valence-electron chi connectivity index (χ4n) is 2.98. The molecule has 1 fully saturated rings. The minimum absolute atomic E-state index is 0.103. The highest BCUT2D eigenvalue weighted by Crippen LogP contribution is 2.12. The molecule has 0 bridgehead atoms. The third-order valence-corrected chi connectivity index (χ3v) is 4.46. The zero-order chi connectivity index (χ0) is 19.1. The summed E-state index contributed by atoms with van der Waals surface area (Å²) in [6, 6.07) is 15.9. The largest absolute Gasteiger partial charge is 0.329 e. The zero-order valence-corrected chi connectivity index (χ0v) is 15.0. The number of nitrogens with zero attached hydrogens (tertiary/aromatic N) is 2. The highest BCUT2D eigenvalue weighted by atomic mass is 19.1. The Balaban J connectivity index is 1.39. The second kappa shape index (κ2) is 9.14. The Labute approximate surface area is 158 Å². The minimum Gasteiger partial charge on any atom is -0.329 e. The first kappa shape index (κ1) is 18.8. The van der Waals surface area contributed by atoms with Gasteiger partial charge in [0.15, 0.2) is 0 Å².